The van der Waals surface area contributed by atoms with Gasteiger partial charge in [-0.3, -0.25) is 14.4 Å². The largest absolute Gasteiger partial charge is 0.326 e. The monoisotopic (exact) mass is 372 g/mol. The topological polar surface area (TPSA) is 101 Å². The van der Waals surface area contributed by atoms with Crippen molar-refractivity contribution < 1.29 is 22.8 Å². The van der Waals surface area contributed by atoms with Crippen LogP contribution in [0.2, 0.25) is 0 Å². The van der Waals surface area contributed by atoms with Gasteiger partial charge < -0.3 is 5.32 Å². The average molecular weight is 372 g/mol. The molecule has 0 radical (unpaired) electrons. The number of anilines is 1. The molecular weight excluding hydrogens is 356 g/mol. The smallest absolute Gasteiger partial charge is 0.269 e. The second kappa shape index (κ2) is 6.72. The fourth-order valence-electron chi connectivity index (χ4n) is 2.60. The maximum absolute atomic E-state index is 12.5. The Balaban J connectivity index is 1.79. The molecule has 0 spiro atoms. The molecule has 7 nitrogen and oxygen atoms in total. The van der Waals surface area contributed by atoms with Crippen molar-refractivity contribution in [1.29, 1.82) is 0 Å². The molecule has 0 fully saturated rings. The number of amides is 2. The van der Waals surface area contributed by atoms with Crippen LogP contribution in [0.5, 0.6) is 0 Å². The molecule has 0 bridgehead atoms. The summed E-state index contributed by atoms with van der Waals surface area (Å²) in [4.78, 5) is 36.0. The summed E-state index contributed by atoms with van der Waals surface area (Å²) in [6.07, 6.45) is 0.330. The lowest BCUT2D eigenvalue weighted by Crippen LogP contribution is -2.35. The summed E-state index contributed by atoms with van der Waals surface area (Å²) in [5.74, 6) is -1.38. The number of benzene rings is 2. The van der Waals surface area contributed by atoms with Gasteiger partial charge in [0.25, 0.3) is 15.9 Å². The SMILES string of the molecule is CCC(=O)Nc1ccc(C(=O)CN2C(=O)c3ccccc3S2(=O)=O)cc1. The highest BCUT2D eigenvalue weighted by Gasteiger charge is 2.41. The van der Waals surface area contributed by atoms with E-state index in [1.165, 1.54) is 30.3 Å². The van der Waals surface area contributed by atoms with Crippen molar-refractivity contribution in [2.24, 2.45) is 0 Å². The first kappa shape index (κ1) is 17.8. The number of carbonyl (C=O) groups excluding carboxylic acids is 3. The van der Waals surface area contributed by atoms with Crippen LogP contribution in [0.25, 0.3) is 0 Å². The maximum atomic E-state index is 12.5. The number of Topliss-reactive ketones (excluding diaryl/α,β-unsaturated/α-hetero) is 1. The summed E-state index contributed by atoms with van der Waals surface area (Å²) in [7, 11) is -4.02. The van der Waals surface area contributed by atoms with Crippen molar-refractivity contribution in [1.82, 2.24) is 4.31 Å². The summed E-state index contributed by atoms with van der Waals surface area (Å²) in [6.45, 7) is 1.15. The molecule has 0 atom stereocenters. The van der Waals surface area contributed by atoms with Gasteiger partial charge in [-0.1, -0.05) is 19.1 Å². The van der Waals surface area contributed by atoms with Crippen molar-refractivity contribution in [3.63, 3.8) is 0 Å². The van der Waals surface area contributed by atoms with E-state index in [0.29, 0.717) is 16.4 Å². The highest BCUT2D eigenvalue weighted by Crippen LogP contribution is 2.30. The molecular formula is C18H16N2O5S. The molecule has 0 unspecified atom stereocenters. The lowest BCUT2D eigenvalue weighted by Gasteiger charge is -2.14. The van der Waals surface area contributed by atoms with Crippen LogP contribution in [0.1, 0.15) is 34.1 Å². The summed E-state index contributed by atoms with van der Waals surface area (Å²) < 4.78 is 25.5. The zero-order chi connectivity index (χ0) is 18.9. The highest BCUT2D eigenvalue weighted by molar-refractivity contribution is 7.90. The number of hydrogen-bond acceptors (Lipinski definition) is 5. The van der Waals surface area contributed by atoms with Gasteiger partial charge in [-0.2, -0.15) is 0 Å². The molecule has 1 aliphatic rings. The van der Waals surface area contributed by atoms with E-state index in [1.807, 2.05) is 0 Å². The van der Waals surface area contributed by atoms with Gasteiger partial charge in [0.05, 0.1) is 5.56 Å². The Morgan fingerprint density at radius 3 is 2.31 bits per heavy atom. The van der Waals surface area contributed by atoms with Crippen molar-refractivity contribution >= 4 is 33.3 Å². The lowest BCUT2D eigenvalue weighted by atomic mass is 10.1. The van der Waals surface area contributed by atoms with Crippen LogP contribution in [0.4, 0.5) is 5.69 Å². The fraction of sp³-hybridized carbons (Fsp3) is 0.167. The first-order valence-corrected chi connectivity index (χ1v) is 9.38. The predicted octanol–water partition coefficient (Wildman–Crippen LogP) is 2.06. The molecule has 1 N–H and O–H groups in total. The molecule has 2 amide bonds. The number of ketones is 1. The standard InChI is InChI=1S/C18H16N2O5S/c1-2-17(22)19-13-9-7-12(8-10-13)15(21)11-20-18(23)14-5-3-4-6-16(14)26(20,24)25/h3-10H,2,11H2,1H3,(H,19,22). The third-order valence-electron chi connectivity index (χ3n) is 4.01. The van der Waals surface area contributed by atoms with Crippen LogP contribution in [0, 0.1) is 0 Å². The second-order valence-electron chi connectivity index (χ2n) is 5.72. The molecule has 8 heteroatoms. The number of carbonyl (C=O) groups is 3. The number of rotatable bonds is 5. The average Bonchev–Trinajstić information content (AvgIpc) is 2.83. The van der Waals surface area contributed by atoms with Gasteiger partial charge in [-0.05, 0) is 36.4 Å². The van der Waals surface area contributed by atoms with Crippen LogP contribution < -0.4 is 5.32 Å². The molecule has 2 aromatic rings. The number of hydrogen-bond donors (Lipinski definition) is 1. The van der Waals surface area contributed by atoms with Crippen molar-refractivity contribution in [2.45, 2.75) is 18.2 Å². The predicted molar refractivity (Wildman–Crippen MR) is 94.4 cm³/mol. The molecule has 3 rings (SSSR count). The Morgan fingerprint density at radius 2 is 1.69 bits per heavy atom. The van der Waals surface area contributed by atoms with Crippen LogP contribution in [-0.4, -0.2) is 36.9 Å². The van der Waals surface area contributed by atoms with Gasteiger partial charge in [-0.15, -0.1) is 0 Å². The minimum Gasteiger partial charge on any atom is -0.326 e. The van der Waals surface area contributed by atoms with E-state index in [-0.39, 0.29) is 21.9 Å². The van der Waals surface area contributed by atoms with Crippen LogP contribution in [0.3, 0.4) is 0 Å². The van der Waals surface area contributed by atoms with Gasteiger partial charge in [-0.25, -0.2) is 12.7 Å². The summed E-state index contributed by atoms with van der Waals surface area (Å²) in [5, 5.41) is 2.65. The Bertz CT molecular complexity index is 996. The minimum atomic E-state index is -4.02. The molecule has 0 saturated heterocycles. The number of fused-ring (bicyclic) bond motifs is 1. The molecule has 0 aliphatic carbocycles. The van der Waals surface area contributed by atoms with E-state index in [1.54, 1.807) is 25.1 Å². The Labute approximate surface area is 150 Å². The second-order valence-corrected chi connectivity index (χ2v) is 7.55. The fourth-order valence-corrected chi connectivity index (χ4v) is 4.12. The van der Waals surface area contributed by atoms with E-state index in [0.717, 1.165) is 0 Å². The van der Waals surface area contributed by atoms with Crippen molar-refractivity contribution in [2.75, 3.05) is 11.9 Å². The number of nitrogens with one attached hydrogen (secondary N) is 1. The van der Waals surface area contributed by atoms with E-state index in [4.69, 9.17) is 0 Å². The van der Waals surface area contributed by atoms with Gasteiger partial charge in [0, 0.05) is 17.7 Å². The molecule has 1 heterocycles. The molecule has 0 saturated carbocycles. The molecule has 1 aliphatic heterocycles. The third-order valence-corrected chi connectivity index (χ3v) is 5.80. The summed E-state index contributed by atoms with van der Waals surface area (Å²) in [6, 6.07) is 11.9. The summed E-state index contributed by atoms with van der Waals surface area (Å²) in [5.41, 5.74) is 0.849. The zero-order valence-corrected chi connectivity index (χ0v) is 14.7. The molecule has 26 heavy (non-hydrogen) atoms. The van der Waals surface area contributed by atoms with Gasteiger partial charge in [0.15, 0.2) is 5.78 Å². The van der Waals surface area contributed by atoms with Crippen LogP contribution in [-0.2, 0) is 14.8 Å². The number of sulfonamides is 1. The minimum absolute atomic E-state index is 0.0675. The van der Waals surface area contributed by atoms with Crippen molar-refractivity contribution in [3.05, 3.63) is 59.7 Å². The van der Waals surface area contributed by atoms with E-state index >= 15 is 0 Å². The van der Waals surface area contributed by atoms with Gasteiger partial charge in [0.2, 0.25) is 5.91 Å². The van der Waals surface area contributed by atoms with Crippen molar-refractivity contribution in [3.8, 4) is 0 Å². The highest BCUT2D eigenvalue weighted by atomic mass is 32.2. The Hall–Kier alpha value is -3.00. The van der Waals surface area contributed by atoms with E-state index < -0.39 is 28.3 Å². The Morgan fingerprint density at radius 1 is 1.04 bits per heavy atom. The van der Waals surface area contributed by atoms with Crippen LogP contribution >= 0.6 is 0 Å². The molecule has 0 aromatic heterocycles. The summed E-state index contributed by atoms with van der Waals surface area (Å²) >= 11 is 0. The Kier molecular flexibility index (Phi) is 4.60. The van der Waals surface area contributed by atoms with E-state index in [2.05, 4.69) is 5.32 Å². The maximum Gasteiger partial charge on any atom is 0.269 e. The molecule has 134 valence electrons. The first-order chi connectivity index (χ1) is 12.3. The third kappa shape index (κ3) is 3.11. The quantitative estimate of drug-likeness (QED) is 0.810. The number of nitrogens with zero attached hydrogens (tertiary/aromatic N) is 1. The van der Waals surface area contributed by atoms with Gasteiger partial charge in [0.1, 0.15) is 11.4 Å². The zero-order valence-electron chi connectivity index (χ0n) is 13.9. The normalized spacial score (nSPS) is 14.8. The van der Waals surface area contributed by atoms with E-state index in [9.17, 15) is 22.8 Å². The first-order valence-electron chi connectivity index (χ1n) is 7.94. The lowest BCUT2D eigenvalue weighted by molar-refractivity contribution is -0.115. The molecule has 2 aromatic carbocycles. The van der Waals surface area contributed by atoms with Gasteiger partial charge >= 0.3 is 0 Å². The van der Waals surface area contributed by atoms with Crippen LogP contribution in [0.15, 0.2) is 53.4 Å².